The average Bonchev–Trinajstić information content (AvgIpc) is 3.09. The van der Waals surface area contributed by atoms with Crippen molar-refractivity contribution < 1.29 is 27.9 Å². The van der Waals surface area contributed by atoms with Gasteiger partial charge in [-0.25, -0.2) is 0 Å². The van der Waals surface area contributed by atoms with Gasteiger partial charge in [-0.2, -0.15) is 13.2 Å². The normalized spacial score (nSPS) is 25.7. The van der Waals surface area contributed by atoms with E-state index in [-0.39, 0.29) is 6.61 Å². The number of ether oxygens (including phenoxy) is 1. The first-order valence-corrected chi connectivity index (χ1v) is 9.15. The molecule has 0 bridgehead atoms. The predicted molar refractivity (Wildman–Crippen MR) is 98.7 cm³/mol. The highest BCUT2D eigenvalue weighted by Gasteiger charge is 2.54. The number of aliphatic hydroxyl groups is 1. The fourth-order valence-electron chi connectivity index (χ4n) is 3.87. The van der Waals surface area contributed by atoms with Gasteiger partial charge < -0.3 is 9.84 Å². The highest BCUT2D eigenvalue weighted by Crippen LogP contribution is 2.42. The van der Waals surface area contributed by atoms with Crippen LogP contribution in [-0.2, 0) is 10.9 Å². The lowest BCUT2D eigenvalue weighted by Crippen LogP contribution is -2.41. The van der Waals surface area contributed by atoms with Gasteiger partial charge >= 0.3 is 6.18 Å². The summed E-state index contributed by atoms with van der Waals surface area (Å²) in [6.45, 7) is 1.89. The molecule has 3 rings (SSSR count). The molecule has 2 aromatic rings. The first-order valence-electron chi connectivity index (χ1n) is 9.15. The van der Waals surface area contributed by atoms with E-state index in [1.807, 2.05) is 0 Å². The van der Waals surface area contributed by atoms with Crippen LogP contribution in [0.2, 0.25) is 0 Å². The Morgan fingerprint density at radius 1 is 1.14 bits per heavy atom. The Morgan fingerprint density at radius 3 is 2.28 bits per heavy atom. The van der Waals surface area contributed by atoms with E-state index in [9.17, 15) is 28.4 Å². The molecule has 0 radical (unpaired) electrons. The van der Waals surface area contributed by atoms with Crippen LogP contribution in [0, 0.1) is 10.1 Å². The van der Waals surface area contributed by atoms with Crippen molar-refractivity contribution in [3.8, 4) is 0 Å². The van der Waals surface area contributed by atoms with Crippen molar-refractivity contribution in [2.75, 3.05) is 6.61 Å². The second kappa shape index (κ2) is 8.48. The van der Waals surface area contributed by atoms with Crippen molar-refractivity contribution in [1.29, 1.82) is 0 Å². The standard InChI is InChI=1S/C20H21F3N2O4/c1-2-29-19(26)17-15(12-6-4-3-5-7-12)18(25(27)28)16(24-17)13-8-10-14(11-9-13)20(21,22)23/h3-11,15-19,24,26H,2H2,1H3/t15-,16+,17+,18+,19-/m0/s1. The van der Waals surface area contributed by atoms with Gasteiger partial charge in [0.05, 0.1) is 17.5 Å². The molecule has 1 aliphatic heterocycles. The summed E-state index contributed by atoms with van der Waals surface area (Å²) < 4.78 is 43.9. The molecule has 0 unspecified atom stereocenters. The van der Waals surface area contributed by atoms with Crippen LogP contribution in [0.25, 0.3) is 0 Å². The molecule has 156 valence electrons. The van der Waals surface area contributed by atoms with Crippen LogP contribution in [0.4, 0.5) is 13.2 Å². The van der Waals surface area contributed by atoms with Gasteiger partial charge in [-0.05, 0) is 30.2 Å². The minimum absolute atomic E-state index is 0.203. The molecule has 1 saturated heterocycles. The molecule has 0 aliphatic carbocycles. The van der Waals surface area contributed by atoms with E-state index >= 15 is 0 Å². The summed E-state index contributed by atoms with van der Waals surface area (Å²) in [5.41, 5.74) is 0.147. The summed E-state index contributed by atoms with van der Waals surface area (Å²) in [4.78, 5) is 11.5. The zero-order valence-electron chi connectivity index (χ0n) is 15.5. The van der Waals surface area contributed by atoms with Crippen LogP contribution in [0.5, 0.6) is 0 Å². The molecule has 0 amide bonds. The van der Waals surface area contributed by atoms with E-state index in [0.29, 0.717) is 11.1 Å². The molecule has 1 fully saturated rings. The topological polar surface area (TPSA) is 84.6 Å². The Labute approximate surface area is 165 Å². The lowest BCUT2D eigenvalue weighted by atomic mass is 9.85. The monoisotopic (exact) mass is 410 g/mol. The highest BCUT2D eigenvalue weighted by molar-refractivity contribution is 5.33. The van der Waals surface area contributed by atoms with Crippen molar-refractivity contribution >= 4 is 0 Å². The maximum atomic E-state index is 12.9. The van der Waals surface area contributed by atoms with Crippen LogP contribution in [0.15, 0.2) is 54.6 Å². The summed E-state index contributed by atoms with van der Waals surface area (Å²) in [5, 5.41) is 25.5. The fraction of sp³-hybridized carbons (Fsp3) is 0.400. The number of hydrogen-bond donors (Lipinski definition) is 2. The molecule has 2 N–H and O–H groups in total. The Hall–Kier alpha value is -2.49. The summed E-state index contributed by atoms with van der Waals surface area (Å²) in [5.74, 6) is -0.736. The lowest BCUT2D eigenvalue weighted by molar-refractivity contribution is -0.527. The van der Waals surface area contributed by atoms with Crippen LogP contribution in [-0.4, -0.2) is 35.0 Å². The summed E-state index contributed by atoms with van der Waals surface area (Å²) in [7, 11) is 0. The van der Waals surface area contributed by atoms with E-state index < -0.39 is 47.0 Å². The van der Waals surface area contributed by atoms with Gasteiger partial charge in [-0.1, -0.05) is 42.5 Å². The molecule has 1 aliphatic rings. The summed E-state index contributed by atoms with van der Waals surface area (Å²) in [6.07, 6.45) is -5.81. The molecule has 0 saturated carbocycles. The molecule has 6 nitrogen and oxygen atoms in total. The molecule has 2 aromatic carbocycles. The van der Waals surface area contributed by atoms with E-state index in [1.165, 1.54) is 12.1 Å². The van der Waals surface area contributed by atoms with Gasteiger partial charge in [0.1, 0.15) is 6.04 Å². The summed E-state index contributed by atoms with van der Waals surface area (Å²) >= 11 is 0. The SMILES string of the molecule is CCO[C@H](O)[C@@H]1N[C@H](c2ccc(C(F)(F)F)cc2)[C@H]([N+](=O)[O-])[C@H]1c1ccccc1. The number of hydrogen-bond acceptors (Lipinski definition) is 5. The van der Waals surface area contributed by atoms with Gasteiger partial charge in [0.2, 0.25) is 6.04 Å². The van der Waals surface area contributed by atoms with Gasteiger partial charge in [0.25, 0.3) is 0 Å². The van der Waals surface area contributed by atoms with Crippen molar-refractivity contribution in [2.45, 2.75) is 43.4 Å². The fourth-order valence-corrected chi connectivity index (χ4v) is 3.87. The third-order valence-corrected chi connectivity index (χ3v) is 5.14. The first-order chi connectivity index (χ1) is 13.7. The number of alkyl halides is 3. The lowest BCUT2D eigenvalue weighted by Gasteiger charge is -2.24. The van der Waals surface area contributed by atoms with Crippen molar-refractivity contribution in [1.82, 2.24) is 5.32 Å². The van der Waals surface area contributed by atoms with Gasteiger partial charge in [-0.3, -0.25) is 15.4 Å². The largest absolute Gasteiger partial charge is 0.416 e. The molecular weight excluding hydrogens is 389 g/mol. The minimum atomic E-state index is -4.50. The maximum Gasteiger partial charge on any atom is 0.416 e. The predicted octanol–water partition coefficient (Wildman–Crippen LogP) is 3.50. The number of nitrogens with zero attached hydrogens (tertiary/aromatic N) is 1. The smallest absolute Gasteiger partial charge is 0.367 e. The molecule has 0 aromatic heterocycles. The Balaban J connectivity index is 2.02. The van der Waals surface area contributed by atoms with Gasteiger partial charge in [-0.15, -0.1) is 0 Å². The van der Waals surface area contributed by atoms with E-state index in [4.69, 9.17) is 4.74 Å². The van der Waals surface area contributed by atoms with E-state index in [2.05, 4.69) is 5.32 Å². The van der Waals surface area contributed by atoms with Crippen LogP contribution >= 0.6 is 0 Å². The Bertz CT molecular complexity index is 830. The number of halogens is 3. The molecular formula is C20H21F3N2O4. The van der Waals surface area contributed by atoms with Crippen molar-refractivity contribution in [3.05, 3.63) is 81.4 Å². The zero-order valence-corrected chi connectivity index (χ0v) is 15.5. The van der Waals surface area contributed by atoms with Gasteiger partial charge in [0, 0.05) is 11.5 Å². The first kappa shape index (κ1) is 21.2. The second-order valence-electron chi connectivity index (χ2n) is 6.85. The van der Waals surface area contributed by atoms with Crippen molar-refractivity contribution in [3.63, 3.8) is 0 Å². The van der Waals surface area contributed by atoms with Crippen molar-refractivity contribution in [2.24, 2.45) is 0 Å². The zero-order chi connectivity index (χ0) is 21.2. The number of nitrogens with one attached hydrogen (secondary N) is 1. The Kier molecular flexibility index (Phi) is 6.21. The highest BCUT2D eigenvalue weighted by atomic mass is 19.4. The van der Waals surface area contributed by atoms with Crippen LogP contribution in [0.3, 0.4) is 0 Å². The number of rotatable bonds is 6. The molecule has 1 heterocycles. The molecule has 5 atom stereocenters. The number of aliphatic hydroxyl groups excluding tert-OH is 1. The molecule has 0 spiro atoms. The molecule has 29 heavy (non-hydrogen) atoms. The third-order valence-electron chi connectivity index (χ3n) is 5.14. The van der Waals surface area contributed by atoms with Gasteiger partial charge in [0.15, 0.2) is 6.29 Å². The average molecular weight is 410 g/mol. The van der Waals surface area contributed by atoms with Crippen LogP contribution < -0.4 is 5.32 Å². The minimum Gasteiger partial charge on any atom is -0.367 e. The van der Waals surface area contributed by atoms with Crippen LogP contribution in [0.1, 0.15) is 35.6 Å². The third kappa shape index (κ3) is 4.42. The number of nitro groups is 1. The van der Waals surface area contributed by atoms with E-state index in [0.717, 1.165) is 12.1 Å². The molecule has 9 heteroatoms. The maximum absolute atomic E-state index is 12.9. The second-order valence-corrected chi connectivity index (χ2v) is 6.85. The Morgan fingerprint density at radius 2 is 1.76 bits per heavy atom. The summed E-state index contributed by atoms with van der Waals surface area (Å²) in [6, 6.07) is 10.1. The quantitative estimate of drug-likeness (QED) is 0.433. The van der Waals surface area contributed by atoms with E-state index in [1.54, 1.807) is 37.3 Å². The number of benzene rings is 2.